The molecule has 3 aromatic rings. The lowest BCUT2D eigenvalue weighted by atomic mass is 9.99. The minimum absolute atomic E-state index is 0.00196. The average molecular weight is 592 g/mol. The number of rotatable bonds is 12. The Morgan fingerprint density at radius 1 is 1.12 bits per heavy atom. The minimum atomic E-state index is -3.89. The lowest BCUT2D eigenvalue weighted by Gasteiger charge is -2.26. The number of aromatic nitrogens is 1. The third-order valence-electron chi connectivity index (χ3n) is 6.95. The number of nitrogens with one attached hydrogen (secondary N) is 1. The minimum Gasteiger partial charge on any atom is -0.496 e. The standard InChI is InChI=1S/C31H33N3O7S/c1-22-19-31(32-41-22)33-42(36,37)26-10-7-24(8-11-26)28(35)12-9-25-20-27(23-5-3-4-6-23)30(38-2)21-29(25)40-18-15-34-13-16-39-17-14-34/h3-5,7-12,19-21H,6,13-18H2,1-2H3,(H,32,33). The number of benzene rings is 2. The quantitative estimate of drug-likeness (QED) is 0.235. The van der Waals surface area contributed by atoms with Crippen LogP contribution in [0.2, 0.25) is 0 Å². The van der Waals surface area contributed by atoms with Gasteiger partial charge in [-0.05, 0) is 61.4 Å². The topological polar surface area (TPSA) is 120 Å². The Morgan fingerprint density at radius 2 is 1.90 bits per heavy atom. The van der Waals surface area contributed by atoms with Crippen LogP contribution in [0.15, 0.2) is 76.2 Å². The third-order valence-corrected chi connectivity index (χ3v) is 8.32. The second-order valence-electron chi connectivity index (χ2n) is 9.87. The highest BCUT2D eigenvalue weighted by Crippen LogP contribution is 2.37. The van der Waals surface area contributed by atoms with Crippen LogP contribution >= 0.6 is 0 Å². The van der Waals surface area contributed by atoms with Gasteiger partial charge >= 0.3 is 0 Å². The first kappa shape index (κ1) is 29.3. The fourth-order valence-electron chi connectivity index (χ4n) is 4.68. The molecule has 1 N–H and O–H groups in total. The number of aryl methyl sites for hydroxylation is 1. The molecule has 1 aliphatic carbocycles. The number of morpholine rings is 1. The Kier molecular flexibility index (Phi) is 9.21. The van der Waals surface area contributed by atoms with Crippen molar-refractivity contribution in [2.75, 3.05) is 51.3 Å². The van der Waals surface area contributed by atoms with Crippen molar-refractivity contribution in [3.05, 3.63) is 89.2 Å². The van der Waals surface area contributed by atoms with Gasteiger partial charge in [0.15, 0.2) is 11.6 Å². The smallest absolute Gasteiger partial charge is 0.263 e. The number of hydrogen-bond acceptors (Lipinski definition) is 9. The van der Waals surface area contributed by atoms with Crippen molar-refractivity contribution in [3.63, 3.8) is 0 Å². The van der Waals surface area contributed by atoms with Gasteiger partial charge in [-0.1, -0.05) is 23.4 Å². The van der Waals surface area contributed by atoms with Gasteiger partial charge in [-0.3, -0.25) is 14.4 Å². The van der Waals surface area contributed by atoms with Gasteiger partial charge in [0.2, 0.25) is 0 Å². The van der Waals surface area contributed by atoms with E-state index < -0.39 is 10.0 Å². The van der Waals surface area contributed by atoms with Crippen molar-refractivity contribution >= 4 is 33.3 Å². The van der Waals surface area contributed by atoms with Gasteiger partial charge in [0.05, 0.1) is 25.2 Å². The Labute approximate surface area is 245 Å². The van der Waals surface area contributed by atoms with Crippen molar-refractivity contribution in [2.45, 2.75) is 18.2 Å². The van der Waals surface area contributed by atoms with Crippen molar-refractivity contribution in [2.24, 2.45) is 0 Å². The van der Waals surface area contributed by atoms with Crippen LogP contribution in [0.5, 0.6) is 11.5 Å². The summed E-state index contributed by atoms with van der Waals surface area (Å²) in [5.74, 6) is 1.58. The molecule has 0 spiro atoms. The summed E-state index contributed by atoms with van der Waals surface area (Å²) in [6.07, 6.45) is 10.1. The first-order valence-corrected chi connectivity index (χ1v) is 15.1. The number of hydrogen-bond donors (Lipinski definition) is 1. The molecular weight excluding hydrogens is 558 g/mol. The molecule has 0 atom stereocenters. The predicted octanol–water partition coefficient (Wildman–Crippen LogP) is 4.74. The van der Waals surface area contributed by atoms with Gasteiger partial charge in [0.25, 0.3) is 10.0 Å². The second kappa shape index (κ2) is 13.2. The number of carbonyl (C=O) groups excluding carboxylic acids is 1. The van der Waals surface area contributed by atoms with E-state index in [-0.39, 0.29) is 16.5 Å². The molecule has 0 bridgehead atoms. The first-order chi connectivity index (χ1) is 20.3. The van der Waals surface area contributed by atoms with E-state index in [9.17, 15) is 13.2 Å². The summed E-state index contributed by atoms with van der Waals surface area (Å²) in [6, 6.07) is 11.0. The van der Waals surface area contributed by atoms with Crippen LogP contribution in [-0.4, -0.2) is 70.8 Å². The van der Waals surface area contributed by atoms with E-state index in [2.05, 4.69) is 20.9 Å². The number of nitrogens with zero attached hydrogens (tertiary/aromatic N) is 2. The van der Waals surface area contributed by atoms with Crippen molar-refractivity contribution in [3.8, 4) is 11.5 Å². The van der Waals surface area contributed by atoms with Gasteiger partial charge < -0.3 is 18.7 Å². The fraction of sp³-hybridized carbons (Fsp3) is 0.290. The fourth-order valence-corrected chi connectivity index (χ4v) is 5.66. The van der Waals surface area contributed by atoms with Crippen LogP contribution in [0.4, 0.5) is 5.82 Å². The summed E-state index contributed by atoms with van der Waals surface area (Å²) in [5.41, 5.74) is 3.12. The molecular formula is C31H33N3O7S. The summed E-state index contributed by atoms with van der Waals surface area (Å²) in [6.45, 7) is 6.05. The highest BCUT2D eigenvalue weighted by molar-refractivity contribution is 7.92. The van der Waals surface area contributed by atoms with Crippen LogP contribution in [0.1, 0.15) is 33.7 Å². The van der Waals surface area contributed by atoms with Crippen LogP contribution in [0, 0.1) is 6.92 Å². The molecule has 5 rings (SSSR count). The number of methoxy groups -OCH3 is 1. The maximum Gasteiger partial charge on any atom is 0.263 e. The Hall–Kier alpha value is -4.19. The highest BCUT2D eigenvalue weighted by atomic mass is 32.2. The maximum atomic E-state index is 13.1. The first-order valence-electron chi connectivity index (χ1n) is 13.6. The molecule has 1 aliphatic heterocycles. The molecule has 1 saturated heterocycles. The van der Waals surface area contributed by atoms with Crippen molar-refractivity contribution < 1.29 is 31.9 Å². The zero-order chi connectivity index (χ0) is 29.5. The zero-order valence-electron chi connectivity index (χ0n) is 23.5. The van der Waals surface area contributed by atoms with Gasteiger partial charge in [-0.2, -0.15) is 0 Å². The molecule has 2 heterocycles. The van der Waals surface area contributed by atoms with E-state index in [1.165, 1.54) is 36.4 Å². The summed E-state index contributed by atoms with van der Waals surface area (Å²) in [5, 5.41) is 3.66. The normalized spacial score (nSPS) is 15.6. The van der Waals surface area contributed by atoms with E-state index in [1.807, 2.05) is 24.3 Å². The zero-order valence-corrected chi connectivity index (χ0v) is 24.4. The molecule has 42 heavy (non-hydrogen) atoms. The Morgan fingerprint density at radius 3 is 2.57 bits per heavy atom. The monoisotopic (exact) mass is 591 g/mol. The van der Waals surface area contributed by atoms with Gasteiger partial charge in [0.1, 0.15) is 23.9 Å². The summed E-state index contributed by atoms with van der Waals surface area (Å²) in [4.78, 5) is 15.4. The van der Waals surface area contributed by atoms with Crippen molar-refractivity contribution in [1.82, 2.24) is 10.1 Å². The van der Waals surface area contributed by atoms with Crippen LogP contribution < -0.4 is 14.2 Å². The van der Waals surface area contributed by atoms with E-state index in [0.717, 1.165) is 42.8 Å². The molecule has 2 aliphatic rings. The lowest BCUT2D eigenvalue weighted by molar-refractivity contribution is 0.0322. The summed E-state index contributed by atoms with van der Waals surface area (Å²) in [7, 11) is -2.26. The molecule has 1 aromatic heterocycles. The molecule has 220 valence electrons. The van der Waals surface area contributed by atoms with Gasteiger partial charge in [-0.25, -0.2) is 8.42 Å². The van der Waals surface area contributed by atoms with Gasteiger partial charge in [-0.15, -0.1) is 0 Å². The Balaban J connectivity index is 1.34. The van der Waals surface area contributed by atoms with Crippen LogP contribution in [-0.2, 0) is 14.8 Å². The molecule has 2 aromatic carbocycles. The molecule has 10 nitrogen and oxygen atoms in total. The average Bonchev–Trinajstić information content (AvgIpc) is 3.68. The molecule has 11 heteroatoms. The number of sulfonamides is 1. The summed E-state index contributed by atoms with van der Waals surface area (Å²) < 4.78 is 50.0. The largest absolute Gasteiger partial charge is 0.496 e. The predicted molar refractivity (Wildman–Crippen MR) is 159 cm³/mol. The van der Waals surface area contributed by atoms with Gasteiger partial charge in [0, 0.05) is 48.5 Å². The maximum absolute atomic E-state index is 13.1. The third kappa shape index (κ3) is 7.17. The molecule has 0 radical (unpaired) electrons. The number of anilines is 1. The van der Waals surface area contributed by atoms with Crippen LogP contribution in [0.25, 0.3) is 11.6 Å². The second-order valence-corrected chi connectivity index (χ2v) is 11.5. The molecule has 0 saturated carbocycles. The molecule has 0 unspecified atom stereocenters. The number of carbonyl (C=O) groups is 1. The van der Waals surface area contributed by atoms with E-state index in [4.69, 9.17) is 18.7 Å². The van der Waals surface area contributed by atoms with Crippen LogP contribution in [0.3, 0.4) is 0 Å². The number of ketones is 1. The number of ether oxygens (including phenoxy) is 3. The summed E-state index contributed by atoms with van der Waals surface area (Å²) >= 11 is 0. The van der Waals surface area contributed by atoms with E-state index in [0.29, 0.717) is 42.6 Å². The highest BCUT2D eigenvalue weighted by Gasteiger charge is 2.18. The van der Waals surface area contributed by atoms with E-state index in [1.54, 1.807) is 20.1 Å². The lowest BCUT2D eigenvalue weighted by Crippen LogP contribution is -2.38. The number of allylic oxidation sites excluding steroid dienone is 5. The van der Waals surface area contributed by atoms with E-state index >= 15 is 0 Å². The molecule has 1 fully saturated rings. The molecule has 0 amide bonds. The van der Waals surface area contributed by atoms with Crippen molar-refractivity contribution in [1.29, 1.82) is 0 Å². The Bertz CT molecular complexity index is 1620. The SMILES string of the molecule is COc1cc(OCCN2CCOCC2)c(C=CC(=O)c2ccc(S(=O)(=O)Nc3cc(C)on3)cc2)cc1C1=CC=CC1.